The van der Waals surface area contributed by atoms with E-state index in [0.717, 1.165) is 5.69 Å². The molecule has 5 heteroatoms. The number of aromatic hydroxyl groups is 1. The molecule has 0 saturated heterocycles. The zero-order valence-corrected chi connectivity index (χ0v) is 11.9. The van der Waals surface area contributed by atoms with Crippen LogP contribution in [-0.4, -0.2) is 14.9 Å². The fraction of sp³-hybridized carbons (Fsp3) is 0.308. The van der Waals surface area contributed by atoms with E-state index in [4.69, 9.17) is 23.2 Å². The normalized spacial score (nSPS) is 11.2. The molecule has 0 amide bonds. The SMILES string of the molecule is Cc1c(O)c(-c2cc(Cl)cc(Cl)c2)nn1C(C)C. The maximum atomic E-state index is 10.1. The molecule has 0 atom stereocenters. The molecule has 1 aromatic carbocycles. The van der Waals surface area contributed by atoms with E-state index in [-0.39, 0.29) is 11.8 Å². The van der Waals surface area contributed by atoms with Gasteiger partial charge in [-0.15, -0.1) is 0 Å². The minimum atomic E-state index is 0.169. The maximum Gasteiger partial charge on any atom is 0.164 e. The molecule has 18 heavy (non-hydrogen) atoms. The standard InChI is InChI=1S/C13H14Cl2N2O/c1-7(2)17-8(3)13(18)12(16-17)9-4-10(14)6-11(15)5-9/h4-7,18H,1-3H3. The average molecular weight is 285 g/mol. The van der Waals surface area contributed by atoms with Crippen molar-refractivity contribution in [1.29, 1.82) is 0 Å². The number of halogens is 2. The molecule has 1 heterocycles. The van der Waals surface area contributed by atoms with Gasteiger partial charge in [-0.1, -0.05) is 23.2 Å². The maximum absolute atomic E-state index is 10.1. The second-order valence-corrected chi connectivity index (χ2v) is 5.35. The molecule has 96 valence electrons. The Morgan fingerprint density at radius 3 is 2.17 bits per heavy atom. The molecule has 0 aliphatic carbocycles. The third-order valence-corrected chi connectivity index (χ3v) is 3.18. The molecule has 1 aromatic heterocycles. The molecule has 0 unspecified atom stereocenters. The van der Waals surface area contributed by atoms with Crippen LogP contribution in [0.4, 0.5) is 0 Å². The van der Waals surface area contributed by atoms with E-state index in [0.29, 0.717) is 21.3 Å². The fourth-order valence-electron chi connectivity index (χ4n) is 1.90. The molecule has 3 nitrogen and oxygen atoms in total. The summed E-state index contributed by atoms with van der Waals surface area (Å²) in [6.45, 7) is 5.85. The van der Waals surface area contributed by atoms with Gasteiger partial charge in [-0.05, 0) is 39.0 Å². The topological polar surface area (TPSA) is 38.1 Å². The Balaban J connectivity index is 2.60. The molecule has 0 fully saturated rings. The molecule has 0 radical (unpaired) electrons. The van der Waals surface area contributed by atoms with Gasteiger partial charge in [0.2, 0.25) is 0 Å². The number of nitrogens with zero attached hydrogens (tertiary/aromatic N) is 2. The van der Waals surface area contributed by atoms with E-state index >= 15 is 0 Å². The summed E-state index contributed by atoms with van der Waals surface area (Å²) >= 11 is 11.9. The van der Waals surface area contributed by atoms with Crippen LogP contribution in [0.15, 0.2) is 18.2 Å². The van der Waals surface area contributed by atoms with Crippen LogP contribution in [0, 0.1) is 6.92 Å². The van der Waals surface area contributed by atoms with Crippen molar-refractivity contribution in [1.82, 2.24) is 9.78 Å². The van der Waals surface area contributed by atoms with Crippen LogP contribution >= 0.6 is 23.2 Å². The second kappa shape index (κ2) is 4.82. The fourth-order valence-corrected chi connectivity index (χ4v) is 2.42. The summed E-state index contributed by atoms with van der Waals surface area (Å²) in [4.78, 5) is 0. The van der Waals surface area contributed by atoms with Gasteiger partial charge in [0.1, 0.15) is 5.69 Å². The molecule has 0 saturated carbocycles. The van der Waals surface area contributed by atoms with Crippen LogP contribution in [0.1, 0.15) is 25.6 Å². The Morgan fingerprint density at radius 2 is 1.72 bits per heavy atom. The van der Waals surface area contributed by atoms with E-state index < -0.39 is 0 Å². The molecular weight excluding hydrogens is 271 g/mol. The van der Waals surface area contributed by atoms with Crippen molar-refractivity contribution >= 4 is 23.2 Å². The van der Waals surface area contributed by atoms with Gasteiger partial charge < -0.3 is 5.11 Å². The summed E-state index contributed by atoms with van der Waals surface area (Å²) in [7, 11) is 0. The Hall–Kier alpha value is -1.19. The van der Waals surface area contributed by atoms with Crippen molar-refractivity contribution in [2.45, 2.75) is 26.8 Å². The zero-order chi connectivity index (χ0) is 13.4. The molecule has 0 bridgehead atoms. The number of rotatable bonds is 2. The Morgan fingerprint density at radius 1 is 1.17 bits per heavy atom. The molecule has 0 aliphatic heterocycles. The zero-order valence-electron chi connectivity index (χ0n) is 10.4. The number of benzene rings is 1. The summed E-state index contributed by atoms with van der Waals surface area (Å²) in [6, 6.07) is 5.30. The molecule has 0 aliphatic rings. The Kier molecular flexibility index (Phi) is 3.55. The number of hydrogen-bond acceptors (Lipinski definition) is 2. The lowest BCUT2D eigenvalue weighted by Gasteiger charge is -2.06. The Bertz CT molecular complexity index is 571. The third kappa shape index (κ3) is 2.33. The van der Waals surface area contributed by atoms with Crippen LogP contribution in [0.5, 0.6) is 5.75 Å². The molecular formula is C13H14Cl2N2O. The van der Waals surface area contributed by atoms with E-state index in [1.807, 2.05) is 20.8 Å². The summed E-state index contributed by atoms with van der Waals surface area (Å²) < 4.78 is 1.78. The van der Waals surface area contributed by atoms with Crippen molar-refractivity contribution in [2.75, 3.05) is 0 Å². The first-order valence-electron chi connectivity index (χ1n) is 5.64. The first kappa shape index (κ1) is 13.2. The lowest BCUT2D eigenvalue weighted by Crippen LogP contribution is -2.04. The highest BCUT2D eigenvalue weighted by atomic mass is 35.5. The van der Waals surface area contributed by atoms with E-state index in [1.54, 1.807) is 22.9 Å². The minimum Gasteiger partial charge on any atom is -0.504 e. The van der Waals surface area contributed by atoms with Crippen LogP contribution in [0.2, 0.25) is 10.0 Å². The van der Waals surface area contributed by atoms with Crippen molar-refractivity contribution < 1.29 is 5.11 Å². The van der Waals surface area contributed by atoms with E-state index in [1.165, 1.54) is 0 Å². The van der Waals surface area contributed by atoms with Gasteiger partial charge in [-0.25, -0.2) is 0 Å². The van der Waals surface area contributed by atoms with Gasteiger partial charge in [0.05, 0.1) is 5.69 Å². The van der Waals surface area contributed by atoms with Crippen molar-refractivity contribution in [3.8, 4) is 17.0 Å². The highest BCUT2D eigenvalue weighted by molar-refractivity contribution is 6.35. The van der Waals surface area contributed by atoms with Crippen LogP contribution in [0.25, 0.3) is 11.3 Å². The highest BCUT2D eigenvalue weighted by Crippen LogP contribution is 2.35. The highest BCUT2D eigenvalue weighted by Gasteiger charge is 2.17. The lowest BCUT2D eigenvalue weighted by atomic mass is 10.1. The van der Waals surface area contributed by atoms with Crippen LogP contribution in [-0.2, 0) is 0 Å². The van der Waals surface area contributed by atoms with Gasteiger partial charge in [0.15, 0.2) is 5.75 Å². The minimum absolute atomic E-state index is 0.169. The van der Waals surface area contributed by atoms with E-state index in [2.05, 4.69) is 5.10 Å². The van der Waals surface area contributed by atoms with Crippen molar-refractivity contribution in [2.24, 2.45) is 0 Å². The van der Waals surface area contributed by atoms with Gasteiger partial charge in [0.25, 0.3) is 0 Å². The van der Waals surface area contributed by atoms with Crippen molar-refractivity contribution in [3.63, 3.8) is 0 Å². The third-order valence-electron chi connectivity index (χ3n) is 2.74. The number of hydrogen-bond donors (Lipinski definition) is 1. The lowest BCUT2D eigenvalue weighted by molar-refractivity contribution is 0.461. The van der Waals surface area contributed by atoms with Gasteiger partial charge in [-0.3, -0.25) is 4.68 Å². The summed E-state index contributed by atoms with van der Waals surface area (Å²) in [5, 5.41) is 15.6. The van der Waals surface area contributed by atoms with Gasteiger partial charge in [0, 0.05) is 21.7 Å². The average Bonchev–Trinajstić information content (AvgIpc) is 2.55. The van der Waals surface area contributed by atoms with Gasteiger partial charge >= 0.3 is 0 Å². The number of aromatic nitrogens is 2. The molecule has 2 aromatic rings. The smallest absolute Gasteiger partial charge is 0.164 e. The van der Waals surface area contributed by atoms with Crippen LogP contribution < -0.4 is 0 Å². The Labute approximate surface area is 116 Å². The molecule has 2 rings (SSSR count). The second-order valence-electron chi connectivity index (χ2n) is 4.48. The first-order valence-corrected chi connectivity index (χ1v) is 6.40. The van der Waals surface area contributed by atoms with E-state index in [9.17, 15) is 5.11 Å². The summed E-state index contributed by atoms with van der Waals surface area (Å²) in [5.74, 6) is 0.169. The molecule has 1 N–H and O–H groups in total. The van der Waals surface area contributed by atoms with Crippen LogP contribution in [0.3, 0.4) is 0 Å². The summed E-state index contributed by atoms with van der Waals surface area (Å²) in [5.41, 5.74) is 1.95. The van der Waals surface area contributed by atoms with Gasteiger partial charge in [-0.2, -0.15) is 5.10 Å². The first-order chi connectivity index (χ1) is 8.40. The monoisotopic (exact) mass is 284 g/mol. The predicted molar refractivity (Wildman–Crippen MR) is 74.5 cm³/mol. The van der Waals surface area contributed by atoms with Crippen molar-refractivity contribution in [3.05, 3.63) is 33.9 Å². The predicted octanol–water partition coefficient (Wildman–Crippen LogP) is 4.45. The largest absolute Gasteiger partial charge is 0.504 e. The summed E-state index contributed by atoms with van der Waals surface area (Å²) in [6.07, 6.45) is 0. The quantitative estimate of drug-likeness (QED) is 0.885. The molecule has 0 spiro atoms.